The van der Waals surface area contributed by atoms with Crippen LogP contribution in [-0.2, 0) is 4.79 Å². The van der Waals surface area contributed by atoms with Gasteiger partial charge in [-0.2, -0.15) is 0 Å². The van der Waals surface area contributed by atoms with E-state index >= 15 is 0 Å². The summed E-state index contributed by atoms with van der Waals surface area (Å²) in [5.74, 6) is 0.366. The largest absolute Gasteiger partial charge is 0.320 e. The van der Waals surface area contributed by atoms with E-state index < -0.39 is 4.92 Å². The van der Waals surface area contributed by atoms with Crippen molar-refractivity contribution in [1.82, 2.24) is 5.32 Å². The summed E-state index contributed by atoms with van der Waals surface area (Å²) in [6.07, 6.45) is 3.51. The van der Waals surface area contributed by atoms with Crippen molar-refractivity contribution < 1.29 is 9.72 Å². The van der Waals surface area contributed by atoms with Gasteiger partial charge < -0.3 is 10.6 Å². The summed E-state index contributed by atoms with van der Waals surface area (Å²) < 4.78 is 0. The van der Waals surface area contributed by atoms with E-state index in [9.17, 15) is 14.9 Å². The molecule has 1 heterocycles. The van der Waals surface area contributed by atoms with Gasteiger partial charge in [-0.15, -0.1) is 0 Å². The molecule has 6 nitrogen and oxygen atoms in total. The fourth-order valence-corrected chi connectivity index (χ4v) is 2.46. The van der Waals surface area contributed by atoms with Gasteiger partial charge in [-0.25, -0.2) is 0 Å². The predicted octanol–water partition coefficient (Wildman–Crippen LogP) is 2.31. The molecule has 0 bridgehead atoms. The minimum Gasteiger partial charge on any atom is -0.320 e. The van der Waals surface area contributed by atoms with Gasteiger partial charge in [0, 0.05) is 12.5 Å². The third kappa shape index (κ3) is 4.03. The van der Waals surface area contributed by atoms with Gasteiger partial charge in [0.15, 0.2) is 0 Å². The van der Waals surface area contributed by atoms with E-state index in [1.807, 2.05) is 0 Å². The number of nitro groups is 1. The van der Waals surface area contributed by atoms with E-state index in [1.165, 1.54) is 6.07 Å². The molecule has 1 atom stereocenters. The predicted molar refractivity (Wildman–Crippen MR) is 76.6 cm³/mol. The summed E-state index contributed by atoms with van der Waals surface area (Å²) in [5, 5.41) is 16.8. The Bertz CT molecular complexity index is 484. The monoisotopic (exact) mass is 277 g/mol. The van der Waals surface area contributed by atoms with Crippen LogP contribution in [0.1, 0.15) is 25.7 Å². The maximum absolute atomic E-state index is 11.9. The molecule has 1 aromatic carbocycles. The molecule has 1 amide bonds. The number of rotatable bonds is 5. The van der Waals surface area contributed by atoms with Crippen molar-refractivity contribution in [3.63, 3.8) is 0 Å². The molecule has 0 radical (unpaired) electrons. The van der Waals surface area contributed by atoms with Crippen molar-refractivity contribution in [2.45, 2.75) is 25.7 Å². The van der Waals surface area contributed by atoms with E-state index in [4.69, 9.17) is 0 Å². The van der Waals surface area contributed by atoms with Gasteiger partial charge >= 0.3 is 0 Å². The summed E-state index contributed by atoms with van der Waals surface area (Å²) in [6.45, 7) is 2.01. The van der Waals surface area contributed by atoms with Crippen molar-refractivity contribution in [2.75, 3.05) is 18.4 Å². The minimum absolute atomic E-state index is 0.0693. The topological polar surface area (TPSA) is 84.3 Å². The van der Waals surface area contributed by atoms with E-state index in [2.05, 4.69) is 10.6 Å². The highest BCUT2D eigenvalue weighted by Crippen LogP contribution is 2.24. The average molecular weight is 277 g/mol. The van der Waals surface area contributed by atoms with Crippen molar-refractivity contribution in [3.05, 3.63) is 34.4 Å². The number of nitrogens with one attached hydrogen (secondary N) is 2. The van der Waals surface area contributed by atoms with Crippen LogP contribution in [0.4, 0.5) is 11.4 Å². The molecule has 6 heteroatoms. The van der Waals surface area contributed by atoms with Gasteiger partial charge in [-0.3, -0.25) is 14.9 Å². The summed E-state index contributed by atoms with van der Waals surface area (Å²) in [4.78, 5) is 22.2. The van der Waals surface area contributed by atoms with Crippen LogP contribution in [0.15, 0.2) is 24.3 Å². The molecule has 2 N–H and O–H groups in total. The fraction of sp³-hybridized carbons (Fsp3) is 0.500. The van der Waals surface area contributed by atoms with Gasteiger partial charge in [0.25, 0.3) is 5.69 Å². The van der Waals surface area contributed by atoms with Crippen molar-refractivity contribution in [2.24, 2.45) is 5.92 Å². The lowest BCUT2D eigenvalue weighted by Gasteiger charge is -2.22. The molecule has 0 saturated carbocycles. The zero-order chi connectivity index (χ0) is 14.4. The normalized spacial score (nSPS) is 18.5. The molecular weight excluding hydrogens is 258 g/mol. The molecule has 1 unspecified atom stereocenters. The average Bonchev–Trinajstić information content (AvgIpc) is 2.46. The van der Waals surface area contributed by atoms with Gasteiger partial charge in [-0.05, 0) is 44.3 Å². The number of nitro benzene ring substituents is 1. The number of para-hydroxylation sites is 2. The fourth-order valence-electron chi connectivity index (χ4n) is 2.46. The molecule has 1 saturated heterocycles. The molecule has 0 spiro atoms. The van der Waals surface area contributed by atoms with E-state index in [1.54, 1.807) is 18.2 Å². The molecule has 1 aliphatic heterocycles. The smallest absolute Gasteiger partial charge is 0.292 e. The van der Waals surface area contributed by atoms with Gasteiger partial charge in [0.2, 0.25) is 5.91 Å². The Balaban J connectivity index is 1.86. The number of anilines is 1. The number of carbonyl (C=O) groups excluding carboxylic acids is 1. The number of carbonyl (C=O) groups is 1. The number of hydrogen-bond acceptors (Lipinski definition) is 4. The number of nitrogens with zero attached hydrogens (tertiary/aromatic N) is 1. The Kier molecular flexibility index (Phi) is 5.06. The molecule has 1 fully saturated rings. The molecule has 2 rings (SSSR count). The second kappa shape index (κ2) is 7.00. The number of amides is 1. The number of hydrogen-bond donors (Lipinski definition) is 2. The lowest BCUT2D eigenvalue weighted by Crippen LogP contribution is -2.30. The summed E-state index contributed by atoms with van der Waals surface area (Å²) in [5.41, 5.74) is 0.199. The Hall–Kier alpha value is -1.95. The van der Waals surface area contributed by atoms with Gasteiger partial charge in [-0.1, -0.05) is 12.1 Å². The summed E-state index contributed by atoms with van der Waals surface area (Å²) in [6, 6.07) is 6.20. The van der Waals surface area contributed by atoms with Crippen LogP contribution in [0.3, 0.4) is 0 Å². The number of piperidine rings is 1. The van der Waals surface area contributed by atoms with Crippen molar-refractivity contribution in [3.8, 4) is 0 Å². The van der Waals surface area contributed by atoms with Gasteiger partial charge in [0.05, 0.1) is 4.92 Å². The third-order valence-corrected chi connectivity index (χ3v) is 3.55. The van der Waals surface area contributed by atoms with Crippen LogP contribution in [-0.4, -0.2) is 23.9 Å². The van der Waals surface area contributed by atoms with Crippen LogP contribution in [0, 0.1) is 16.0 Å². The van der Waals surface area contributed by atoms with Crippen LogP contribution in [0.25, 0.3) is 0 Å². The SMILES string of the molecule is O=C(CCC1CCCNC1)Nc1ccccc1[N+](=O)[O-]. The van der Waals surface area contributed by atoms with Crippen molar-refractivity contribution >= 4 is 17.3 Å². The zero-order valence-corrected chi connectivity index (χ0v) is 11.3. The Morgan fingerprint density at radius 1 is 1.45 bits per heavy atom. The lowest BCUT2D eigenvalue weighted by atomic mass is 9.94. The summed E-state index contributed by atoms with van der Waals surface area (Å²) >= 11 is 0. The van der Waals surface area contributed by atoms with E-state index in [0.29, 0.717) is 12.3 Å². The van der Waals surface area contributed by atoms with Crippen LogP contribution in [0.5, 0.6) is 0 Å². The third-order valence-electron chi connectivity index (χ3n) is 3.55. The van der Waals surface area contributed by atoms with Crippen LogP contribution >= 0.6 is 0 Å². The quantitative estimate of drug-likeness (QED) is 0.639. The Morgan fingerprint density at radius 2 is 2.25 bits per heavy atom. The standard InChI is InChI=1S/C14H19N3O3/c18-14(8-7-11-4-3-9-15-10-11)16-12-5-1-2-6-13(12)17(19)20/h1-2,5-6,11,15H,3-4,7-10H2,(H,16,18). The van der Waals surface area contributed by atoms with E-state index in [-0.39, 0.29) is 17.3 Å². The Morgan fingerprint density at radius 3 is 2.95 bits per heavy atom. The van der Waals surface area contributed by atoms with Crippen LogP contribution < -0.4 is 10.6 Å². The molecule has 0 aromatic heterocycles. The molecule has 1 aliphatic rings. The lowest BCUT2D eigenvalue weighted by molar-refractivity contribution is -0.383. The summed E-state index contributed by atoms with van der Waals surface area (Å²) in [7, 11) is 0. The minimum atomic E-state index is -0.485. The first kappa shape index (κ1) is 14.5. The highest BCUT2D eigenvalue weighted by Gasteiger charge is 2.17. The highest BCUT2D eigenvalue weighted by atomic mass is 16.6. The highest BCUT2D eigenvalue weighted by molar-refractivity contribution is 5.92. The van der Waals surface area contributed by atoms with Crippen LogP contribution in [0.2, 0.25) is 0 Å². The zero-order valence-electron chi connectivity index (χ0n) is 11.3. The maximum Gasteiger partial charge on any atom is 0.292 e. The molecule has 1 aromatic rings. The van der Waals surface area contributed by atoms with Gasteiger partial charge in [0.1, 0.15) is 5.69 Å². The molecule has 0 aliphatic carbocycles. The van der Waals surface area contributed by atoms with E-state index in [0.717, 1.165) is 32.4 Å². The number of benzene rings is 1. The first-order valence-corrected chi connectivity index (χ1v) is 6.91. The molecule has 108 valence electrons. The molecule has 20 heavy (non-hydrogen) atoms. The first-order chi connectivity index (χ1) is 9.66. The molecular formula is C14H19N3O3. The maximum atomic E-state index is 11.9. The van der Waals surface area contributed by atoms with Crippen molar-refractivity contribution in [1.29, 1.82) is 0 Å². The first-order valence-electron chi connectivity index (χ1n) is 6.91. The Labute approximate surface area is 117 Å². The second-order valence-corrected chi connectivity index (χ2v) is 5.07. The second-order valence-electron chi connectivity index (χ2n) is 5.07.